The number of phenolic OH excluding ortho intramolecular Hbond substituents is 2. The minimum Gasteiger partial charge on any atom is -0.508 e. The lowest BCUT2D eigenvalue weighted by molar-refractivity contribution is 0.465. The molecule has 2 nitrogen and oxygen atoms in total. The Balaban J connectivity index is 2.13. The molecule has 0 bridgehead atoms. The highest BCUT2D eigenvalue weighted by Gasteiger charge is 2.32. The number of aromatic hydroxyl groups is 2. The Morgan fingerprint density at radius 1 is 1.00 bits per heavy atom. The van der Waals surface area contributed by atoms with Crippen LogP contribution in [-0.2, 0) is 0 Å². The maximum Gasteiger partial charge on any atom is 0.119 e. The van der Waals surface area contributed by atoms with Crippen LogP contribution in [0, 0.1) is 13.8 Å². The number of benzene rings is 2. The molecule has 2 aromatic carbocycles. The van der Waals surface area contributed by atoms with Crippen LogP contribution in [0.2, 0.25) is 0 Å². The maximum atomic E-state index is 10.3. The first-order valence-corrected chi connectivity index (χ1v) is 7.10. The molecule has 2 heteroatoms. The summed E-state index contributed by atoms with van der Waals surface area (Å²) >= 11 is 0. The molecule has 1 aliphatic carbocycles. The van der Waals surface area contributed by atoms with Gasteiger partial charge in [0.05, 0.1) is 0 Å². The van der Waals surface area contributed by atoms with Crippen molar-refractivity contribution >= 4 is 0 Å². The Hall–Kier alpha value is -1.96. The molecule has 2 aromatic rings. The van der Waals surface area contributed by atoms with Crippen molar-refractivity contribution in [3.63, 3.8) is 0 Å². The molecule has 0 radical (unpaired) electrons. The van der Waals surface area contributed by atoms with E-state index in [1.54, 1.807) is 6.07 Å². The van der Waals surface area contributed by atoms with E-state index in [9.17, 15) is 10.2 Å². The summed E-state index contributed by atoms with van der Waals surface area (Å²) in [6, 6.07) is 9.78. The third-order valence-electron chi connectivity index (χ3n) is 4.43. The first-order valence-electron chi connectivity index (χ1n) is 7.10. The second-order valence-corrected chi connectivity index (χ2v) is 6.02. The third-order valence-corrected chi connectivity index (χ3v) is 4.43. The second kappa shape index (κ2) is 4.55. The summed E-state index contributed by atoms with van der Waals surface area (Å²) in [4.78, 5) is 0. The van der Waals surface area contributed by atoms with Crippen LogP contribution in [0.1, 0.15) is 53.0 Å². The van der Waals surface area contributed by atoms with Gasteiger partial charge in [-0.2, -0.15) is 0 Å². The summed E-state index contributed by atoms with van der Waals surface area (Å²) in [7, 11) is 0. The van der Waals surface area contributed by atoms with Crippen LogP contribution in [-0.4, -0.2) is 10.2 Å². The summed E-state index contributed by atoms with van der Waals surface area (Å²) in [5.74, 6) is 1.41. The van der Waals surface area contributed by atoms with Crippen molar-refractivity contribution in [1.82, 2.24) is 0 Å². The van der Waals surface area contributed by atoms with Gasteiger partial charge >= 0.3 is 0 Å². The van der Waals surface area contributed by atoms with E-state index in [-0.39, 0.29) is 5.92 Å². The van der Waals surface area contributed by atoms with Gasteiger partial charge in [0.15, 0.2) is 0 Å². The monoisotopic (exact) mass is 268 g/mol. The number of phenols is 2. The van der Waals surface area contributed by atoms with Crippen LogP contribution < -0.4 is 0 Å². The standard InChI is InChI=1S/C18H20O2/c1-10-6-14-11(2)9-15(18(14)17(20)7-10)13-4-5-16(19)12(3)8-13/h4-8,11,15,19-20H,9H2,1-3H3. The van der Waals surface area contributed by atoms with E-state index in [0.717, 1.165) is 23.1 Å². The van der Waals surface area contributed by atoms with Crippen LogP contribution in [0.5, 0.6) is 11.5 Å². The van der Waals surface area contributed by atoms with Gasteiger partial charge in [-0.3, -0.25) is 0 Å². The summed E-state index contributed by atoms with van der Waals surface area (Å²) in [5.41, 5.74) is 5.49. The average Bonchev–Trinajstić information content (AvgIpc) is 2.71. The quantitative estimate of drug-likeness (QED) is 0.807. The van der Waals surface area contributed by atoms with Gasteiger partial charge in [0.2, 0.25) is 0 Å². The average molecular weight is 268 g/mol. The van der Waals surface area contributed by atoms with Crippen molar-refractivity contribution in [3.05, 3.63) is 58.1 Å². The molecular formula is C18H20O2. The molecule has 0 amide bonds. The molecular weight excluding hydrogens is 248 g/mol. The summed E-state index contributed by atoms with van der Waals surface area (Å²) in [5, 5.41) is 20.0. The zero-order chi connectivity index (χ0) is 14.4. The molecule has 1 aliphatic rings. The molecule has 2 unspecified atom stereocenters. The largest absolute Gasteiger partial charge is 0.508 e. The van der Waals surface area contributed by atoms with Crippen molar-refractivity contribution in [2.24, 2.45) is 0 Å². The minimum atomic E-state index is 0.222. The van der Waals surface area contributed by atoms with Gasteiger partial charge < -0.3 is 10.2 Å². The summed E-state index contributed by atoms with van der Waals surface area (Å²) in [6.45, 7) is 6.14. The van der Waals surface area contributed by atoms with Crippen molar-refractivity contribution in [2.45, 2.75) is 39.0 Å². The number of aryl methyl sites for hydroxylation is 2. The molecule has 0 saturated carbocycles. The first-order chi connectivity index (χ1) is 9.47. The van der Waals surface area contributed by atoms with Gasteiger partial charge in [-0.15, -0.1) is 0 Å². The topological polar surface area (TPSA) is 40.5 Å². The predicted molar refractivity (Wildman–Crippen MR) is 80.6 cm³/mol. The van der Waals surface area contributed by atoms with Gasteiger partial charge in [0, 0.05) is 11.5 Å². The van der Waals surface area contributed by atoms with Gasteiger partial charge in [0.25, 0.3) is 0 Å². The van der Waals surface area contributed by atoms with E-state index >= 15 is 0 Å². The number of rotatable bonds is 1. The zero-order valence-corrected chi connectivity index (χ0v) is 12.1. The smallest absolute Gasteiger partial charge is 0.119 e. The number of fused-ring (bicyclic) bond motifs is 1. The highest BCUT2D eigenvalue weighted by Crippen LogP contribution is 2.49. The molecule has 0 spiro atoms. The molecule has 2 N–H and O–H groups in total. The molecule has 3 rings (SSSR count). The van der Waals surface area contributed by atoms with Crippen molar-refractivity contribution in [2.75, 3.05) is 0 Å². The predicted octanol–water partition coefficient (Wildman–Crippen LogP) is 4.35. The van der Waals surface area contributed by atoms with Gasteiger partial charge in [-0.25, -0.2) is 0 Å². The fourth-order valence-electron chi connectivity index (χ4n) is 3.39. The van der Waals surface area contributed by atoms with Crippen molar-refractivity contribution in [1.29, 1.82) is 0 Å². The van der Waals surface area contributed by atoms with Gasteiger partial charge in [-0.1, -0.05) is 25.1 Å². The normalized spacial score (nSPS) is 20.9. The second-order valence-electron chi connectivity index (χ2n) is 6.02. The maximum absolute atomic E-state index is 10.3. The molecule has 20 heavy (non-hydrogen) atoms. The fraction of sp³-hybridized carbons (Fsp3) is 0.333. The van der Waals surface area contributed by atoms with Crippen LogP contribution >= 0.6 is 0 Å². The lowest BCUT2D eigenvalue weighted by Gasteiger charge is -2.15. The van der Waals surface area contributed by atoms with Crippen LogP contribution in [0.15, 0.2) is 30.3 Å². The van der Waals surface area contributed by atoms with E-state index in [1.165, 1.54) is 11.1 Å². The van der Waals surface area contributed by atoms with Crippen molar-refractivity contribution < 1.29 is 10.2 Å². The molecule has 0 aromatic heterocycles. The molecule has 104 valence electrons. The summed E-state index contributed by atoms with van der Waals surface area (Å²) < 4.78 is 0. The lowest BCUT2D eigenvalue weighted by Crippen LogP contribution is -1.97. The van der Waals surface area contributed by atoms with E-state index in [4.69, 9.17) is 0 Å². The van der Waals surface area contributed by atoms with E-state index in [2.05, 4.69) is 13.0 Å². The Kier molecular flexibility index (Phi) is 2.97. The van der Waals surface area contributed by atoms with E-state index in [0.29, 0.717) is 17.4 Å². The number of hydrogen-bond donors (Lipinski definition) is 2. The number of hydrogen-bond acceptors (Lipinski definition) is 2. The van der Waals surface area contributed by atoms with Crippen LogP contribution in [0.3, 0.4) is 0 Å². The highest BCUT2D eigenvalue weighted by atomic mass is 16.3. The molecule has 2 atom stereocenters. The zero-order valence-electron chi connectivity index (χ0n) is 12.1. The van der Waals surface area contributed by atoms with E-state index in [1.807, 2.05) is 32.0 Å². The van der Waals surface area contributed by atoms with Crippen molar-refractivity contribution in [3.8, 4) is 11.5 Å². The molecule has 0 fully saturated rings. The Morgan fingerprint density at radius 3 is 2.45 bits per heavy atom. The Bertz CT molecular complexity index is 673. The molecule has 0 heterocycles. The van der Waals surface area contributed by atoms with E-state index < -0.39 is 0 Å². The minimum absolute atomic E-state index is 0.222. The molecule has 0 aliphatic heterocycles. The van der Waals surface area contributed by atoms with Gasteiger partial charge in [0.1, 0.15) is 11.5 Å². The Morgan fingerprint density at radius 2 is 1.75 bits per heavy atom. The molecule has 0 saturated heterocycles. The lowest BCUT2D eigenvalue weighted by atomic mass is 9.90. The first kappa shape index (κ1) is 13.0. The third kappa shape index (κ3) is 1.96. The SMILES string of the molecule is Cc1cc(O)c2c(c1)C(C)CC2c1ccc(O)c(C)c1. The highest BCUT2D eigenvalue weighted by molar-refractivity contribution is 5.54. The summed E-state index contributed by atoms with van der Waals surface area (Å²) in [6.07, 6.45) is 1.01. The van der Waals surface area contributed by atoms with Crippen LogP contribution in [0.25, 0.3) is 0 Å². The van der Waals surface area contributed by atoms with Gasteiger partial charge in [-0.05, 0) is 60.6 Å². The fourth-order valence-corrected chi connectivity index (χ4v) is 3.39. The Labute approximate surface area is 119 Å². The van der Waals surface area contributed by atoms with Crippen LogP contribution in [0.4, 0.5) is 0 Å².